The van der Waals surface area contributed by atoms with E-state index in [4.69, 9.17) is 11.6 Å². The number of hydrogen-bond acceptors (Lipinski definition) is 4. The summed E-state index contributed by atoms with van der Waals surface area (Å²) in [6.07, 6.45) is 2.42. The molecule has 2 heterocycles. The quantitative estimate of drug-likeness (QED) is 0.180. The van der Waals surface area contributed by atoms with Crippen molar-refractivity contribution in [3.05, 3.63) is 70.5 Å². The molecule has 4 nitrogen and oxygen atoms in total. The van der Waals surface area contributed by atoms with Crippen LogP contribution >= 0.6 is 11.6 Å². The number of hydrogen-bond donors (Lipinski definition) is 0. The molecule has 3 rings (SSSR count). The lowest BCUT2D eigenvalue weighted by atomic mass is 9.67. The Kier molecular flexibility index (Phi) is 8.09. The van der Waals surface area contributed by atoms with Crippen LogP contribution in [0.25, 0.3) is 5.70 Å². The zero-order valence-corrected chi connectivity index (χ0v) is 21.8. The first-order chi connectivity index (χ1) is 17.4. The molecule has 1 aliphatic rings. The second-order valence-electron chi connectivity index (χ2n) is 9.99. The van der Waals surface area contributed by atoms with Crippen LogP contribution < -0.4 is 0 Å². The predicted molar refractivity (Wildman–Crippen MR) is 132 cm³/mol. The summed E-state index contributed by atoms with van der Waals surface area (Å²) in [4.78, 5) is 29.3. The first-order valence-electron chi connectivity index (χ1n) is 11.7. The molecule has 2 atom stereocenters. The number of nitrogens with zero attached hydrogens (tertiary/aromatic N) is 2. The second-order valence-corrected chi connectivity index (χ2v) is 10.4. The molecule has 0 radical (unpaired) electrons. The van der Waals surface area contributed by atoms with E-state index in [0.717, 1.165) is 11.8 Å². The minimum atomic E-state index is -4.28. The van der Waals surface area contributed by atoms with Gasteiger partial charge in [0, 0.05) is 41.6 Å². The number of carbonyl (C=O) groups is 2. The lowest BCUT2D eigenvalue weighted by Gasteiger charge is -2.36. The van der Waals surface area contributed by atoms with Crippen molar-refractivity contribution in [3.8, 4) is 0 Å². The fourth-order valence-corrected chi connectivity index (χ4v) is 4.96. The van der Waals surface area contributed by atoms with E-state index in [2.05, 4.69) is 11.6 Å². The third kappa shape index (κ3) is 5.60. The molecule has 38 heavy (non-hydrogen) atoms. The largest absolute Gasteiger partial charge is 0.359 e. The van der Waals surface area contributed by atoms with E-state index in [1.807, 2.05) is 0 Å². The molecule has 1 saturated heterocycles. The van der Waals surface area contributed by atoms with E-state index in [9.17, 15) is 35.9 Å². The van der Waals surface area contributed by atoms with Crippen LogP contribution in [-0.4, -0.2) is 46.9 Å². The Morgan fingerprint density at radius 2 is 1.68 bits per heavy atom. The van der Waals surface area contributed by atoms with E-state index in [0.29, 0.717) is 11.8 Å². The SMILES string of the molecule is C=C(c1c(Cl)cncc1C[C@](C)(C(=O)CC=O)C(C)c1ccc(C(C)(F)F)cc1)N1CC(F)(F)C(F)(F)C1. The molecule has 1 aromatic heterocycles. The molecule has 11 heteroatoms. The van der Waals surface area contributed by atoms with E-state index in [1.165, 1.54) is 36.7 Å². The number of halogens is 7. The predicted octanol–water partition coefficient (Wildman–Crippen LogP) is 6.91. The molecule has 0 aliphatic carbocycles. The molecule has 0 amide bonds. The Labute approximate surface area is 221 Å². The number of aromatic nitrogens is 1. The van der Waals surface area contributed by atoms with Gasteiger partial charge in [0.2, 0.25) is 0 Å². The minimum Gasteiger partial charge on any atom is -0.359 e. The number of Topliss-reactive ketones (excluding diaryl/α,β-unsaturated/α-hetero) is 1. The number of alkyl halides is 6. The molecule has 2 aromatic rings. The van der Waals surface area contributed by atoms with Gasteiger partial charge in [-0.1, -0.05) is 56.3 Å². The molecule has 1 fully saturated rings. The summed E-state index contributed by atoms with van der Waals surface area (Å²) in [5.74, 6) is -12.7. The third-order valence-electron chi connectivity index (χ3n) is 7.30. The molecular weight excluding hydrogens is 534 g/mol. The number of carbonyl (C=O) groups excluding carboxylic acids is 2. The smallest absolute Gasteiger partial charge is 0.329 e. The number of pyridine rings is 1. The number of aldehydes is 1. The molecule has 0 N–H and O–H groups in total. The van der Waals surface area contributed by atoms with Gasteiger partial charge in [0.15, 0.2) is 0 Å². The summed E-state index contributed by atoms with van der Waals surface area (Å²) >= 11 is 6.33. The molecule has 206 valence electrons. The number of ketones is 1. The summed E-state index contributed by atoms with van der Waals surface area (Å²) in [5, 5.41) is -0.0431. The Bertz CT molecular complexity index is 1210. The highest BCUT2D eigenvalue weighted by Gasteiger charge is 2.63. The van der Waals surface area contributed by atoms with Crippen LogP contribution in [-0.2, 0) is 21.9 Å². The first kappa shape index (κ1) is 29.7. The van der Waals surface area contributed by atoms with Gasteiger partial charge in [-0.2, -0.15) is 17.6 Å². The Hall–Kier alpha value is -2.88. The van der Waals surface area contributed by atoms with Gasteiger partial charge < -0.3 is 9.69 Å². The molecule has 1 unspecified atom stereocenters. The van der Waals surface area contributed by atoms with Gasteiger partial charge in [-0.3, -0.25) is 9.78 Å². The van der Waals surface area contributed by atoms with Crippen LogP contribution in [0.3, 0.4) is 0 Å². The standard InChI is InChI=1S/C27H27ClF6N2O2/c1-16(18-5-7-20(8-6-18)25(4,29)30)24(3,22(38)9-10-37)11-19-12-35-13-21(28)23(19)17(2)36-14-26(31,32)27(33,34)15-36/h5-8,10,12-13,16H,2,9,11,14-15H2,1,3-4H3/t16?,24-/m0/s1. The van der Waals surface area contributed by atoms with Crippen molar-refractivity contribution in [2.75, 3.05) is 13.1 Å². The van der Waals surface area contributed by atoms with E-state index in [1.54, 1.807) is 13.8 Å². The fourth-order valence-electron chi connectivity index (χ4n) is 4.68. The van der Waals surface area contributed by atoms with Crippen LogP contribution in [0, 0.1) is 5.41 Å². The monoisotopic (exact) mass is 560 g/mol. The van der Waals surface area contributed by atoms with Gasteiger partial charge in [0.1, 0.15) is 12.1 Å². The third-order valence-corrected chi connectivity index (χ3v) is 7.59. The normalized spacial score (nSPS) is 19.1. The zero-order valence-electron chi connectivity index (χ0n) is 21.0. The molecule has 0 saturated carbocycles. The maximum absolute atomic E-state index is 13.9. The van der Waals surface area contributed by atoms with Crippen molar-refractivity contribution in [1.29, 1.82) is 0 Å². The topological polar surface area (TPSA) is 50.3 Å². The maximum Gasteiger partial charge on any atom is 0.329 e. The Balaban J connectivity index is 2.03. The van der Waals surface area contributed by atoms with Gasteiger partial charge in [-0.15, -0.1) is 0 Å². The Morgan fingerprint density at radius 3 is 2.18 bits per heavy atom. The highest BCUT2D eigenvalue weighted by molar-refractivity contribution is 6.32. The highest BCUT2D eigenvalue weighted by atomic mass is 35.5. The first-order valence-corrected chi connectivity index (χ1v) is 12.1. The van der Waals surface area contributed by atoms with Crippen molar-refractivity contribution in [2.45, 2.75) is 57.3 Å². The Morgan fingerprint density at radius 1 is 1.13 bits per heavy atom. The van der Waals surface area contributed by atoms with Crippen molar-refractivity contribution in [3.63, 3.8) is 0 Å². The van der Waals surface area contributed by atoms with Crippen LogP contribution in [0.5, 0.6) is 0 Å². The van der Waals surface area contributed by atoms with E-state index >= 15 is 0 Å². The van der Waals surface area contributed by atoms with Crippen LogP contribution in [0.15, 0.2) is 43.2 Å². The summed E-state index contributed by atoms with van der Waals surface area (Å²) < 4.78 is 83.0. The van der Waals surface area contributed by atoms with Crippen LogP contribution in [0.4, 0.5) is 26.3 Å². The van der Waals surface area contributed by atoms with Gasteiger partial charge in [-0.25, -0.2) is 8.78 Å². The number of likely N-dealkylation sites (tertiary alicyclic amines) is 1. The average Bonchev–Trinajstić information content (AvgIpc) is 3.04. The van der Waals surface area contributed by atoms with Gasteiger partial charge in [-0.05, 0) is 23.5 Å². The summed E-state index contributed by atoms with van der Waals surface area (Å²) in [6.45, 7) is 5.22. The van der Waals surface area contributed by atoms with E-state index < -0.39 is 54.4 Å². The molecule has 0 bridgehead atoms. The van der Waals surface area contributed by atoms with Gasteiger partial charge in [0.25, 0.3) is 5.92 Å². The minimum absolute atomic E-state index is 0.0431. The molecule has 1 aromatic carbocycles. The lowest BCUT2D eigenvalue weighted by Crippen LogP contribution is -2.38. The summed E-state index contributed by atoms with van der Waals surface area (Å²) in [7, 11) is 0. The average molecular weight is 561 g/mol. The summed E-state index contributed by atoms with van der Waals surface area (Å²) in [6, 6.07) is 5.43. The van der Waals surface area contributed by atoms with E-state index in [-0.39, 0.29) is 33.8 Å². The van der Waals surface area contributed by atoms with Crippen molar-refractivity contribution in [1.82, 2.24) is 9.88 Å². The maximum atomic E-state index is 13.9. The number of rotatable bonds is 10. The van der Waals surface area contributed by atoms with Crippen molar-refractivity contribution < 1.29 is 35.9 Å². The van der Waals surface area contributed by atoms with Gasteiger partial charge in [0.05, 0.1) is 24.5 Å². The fraction of sp³-hybridized carbons (Fsp3) is 0.444. The molecule has 0 spiro atoms. The zero-order chi connectivity index (χ0) is 28.7. The van der Waals surface area contributed by atoms with Crippen LogP contribution in [0.1, 0.15) is 55.4 Å². The van der Waals surface area contributed by atoms with Crippen molar-refractivity contribution in [2.24, 2.45) is 5.41 Å². The number of benzene rings is 1. The highest BCUT2D eigenvalue weighted by Crippen LogP contribution is 2.46. The molecule has 1 aliphatic heterocycles. The second kappa shape index (κ2) is 10.4. The lowest BCUT2D eigenvalue weighted by molar-refractivity contribution is -0.172. The molecular formula is C27H27ClF6N2O2. The summed E-state index contributed by atoms with van der Waals surface area (Å²) in [5.41, 5.74) is -0.839. The van der Waals surface area contributed by atoms with Crippen LogP contribution in [0.2, 0.25) is 5.02 Å². The van der Waals surface area contributed by atoms with Crippen molar-refractivity contribution >= 4 is 29.4 Å². The van der Waals surface area contributed by atoms with Gasteiger partial charge >= 0.3 is 11.8 Å².